The first-order valence-electron chi connectivity index (χ1n) is 6.89. The number of benzene rings is 1. The minimum atomic E-state index is 0.433. The lowest BCUT2D eigenvalue weighted by molar-refractivity contribution is 0.150. The Hall–Kier alpha value is -0.820. The summed E-state index contributed by atoms with van der Waals surface area (Å²) in [4.78, 5) is 0. The number of aryl methyl sites for hydroxylation is 1. The Balaban J connectivity index is 2.22. The highest BCUT2D eigenvalue weighted by molar-refractivity contribution is 5.25. The Morgan fingerprint density at radius 1 is 1.06 bits per heavy atom. The van der Waals surface area contributed by atoms with E-state index in [1.165, 1.54) is 43.2 Å². The fourth-order valence-electron chi connectivity index (χ4n) is 3.32. The van der Waals surface area contributed by atoms with Crippen LogP contribution in [0.4, 0.5) is 0 Å². The second-order valence-electron chi connectivity index (χ2n) is 5.85. The predicted molar refractivity (Wildman–Crippen MR) is 74.2 cm³/mol. The summed E-state index contributed by atoms with van der Waals surface area (Å²) in [6.45, 7) is 4.60. The van der Waals surface area contributed by atoms with Crippen molar-refractivity contribution in [1.29, 1.82) is 0 Å². The zero-order valence-electron chi connectivity index (χ0n) is 11.4. The van der Waals surface area contributed by atoms with Gasteiger partial charge in [0.2, 0.25) is 0 Å². The van der Waals surface area contributed by atoms with Gasteiger partial charge in [0.15, 0.2) is 0 Å². The Kier molecular flexibility index (Phi) is 3.88. The lowest BCUT2D eigenvalue weighted by Gasteiger charge is -2.41. The molecule has 1 nitrogen and oxygen atoms in total. The fourth-order valence-corrected chi connectivity index (χ4v) is 3.32. The molecule has 1 N–H and O–H groups in total. The van der Waals surface area contributed by atoms with Crippen LogP contribution in [0, 0.1) is 12.3 Å². The quantitative estimate of drug-likeness (QED) is 0.821. The van der Waals surface area contributed by atoms with E-state index < -0.39 is 0 Å². The van der Waals surface area contributed by atoms with Crippen LogP contribution in [-0.4, -0.2) is 7.05 Å². The third-order valence-electron chi connectivity index (χ3n) is 4.39. The van der Waals surface area contributed by atoms with Crippen molar-refractivity contribution in [2.24, 2.45) is 5.41 Å². The summed E-state index contributed by atoms with van der Waals surface area (Å²) < 4.78 is 0. The van der Waals surface area contributed by atoms with E-state index in [-0.39, 0.29) is 0 Å². The molecule has 0 spiro atoms. The van der Waals surface area contributed by atoms with E-state index in [2.05, 4.69) is 50.5 Å². The SMILES string of the molecule is CNC(c1ccc(C)cc1)C1(C)CCCCC1. The van der Waals surface area contributed by atoms with Crippen molar-refractivity contribution in [3.63, 3.8) is 0 Å². The number of hydrogen-bond donors (Lipinski definition) is 1. The van der Waals surface area contributed by atoms with Crippen LogP contribution in [0.3, 0.4) is 0 Å². The van der Waals surface area contributed by atoms with Crippen LogP contribution in [0.25, 0.3) is 0 Å². The summed E-state index contributed by atoms with van der Waals surface area (Å²) in [6.07, 6.45) is 6.90. The molecule has 0 bridgehead atoms. The average Bonchev–Trinajstić information content (AvgIpc) is 2.33. The molecule has 0 aromatic heterocycles. The van der Waals surface area contributed by atoms with Gasteiger partial charge < -0.3 is 5.32 Å². The van der Waals surface area contributed by atoms with Crippen LogP contribution in [0.2, 0.25) is 0 Å². The van der Waals surface area contributed by atoms with Gasteiger partial charge in [-0.05, 0) is 37.8 Å². The molecule has 0 saturated heterocycles. The second kappa shape index (κ2) is 5.22. The Morgan fingerprint density at radius 3 is 2.18 bits per heavy atom. The highest BCUT2D eigenvalue weighted by atomic mass is 14.9. The molecular formula is C16H25N. The van der Waals surface area contributed by atoms with Crippen molar-refractivity contribution in [2.45, 2.75) is 52.0 Å². The molecule has 1 saturated carbocycles. The van der Waals surface area contributed by atoms with Gasteiger partial charge in [-0.3, -0.25) is 0 Å². The van der Waals surface area contributed by atoms with Crippen LogP contribution in [0.5, 0.6) is 0 Å². The van der Waals surface area contributed by atoms with Crippen molar-refractivity contribution in [1.82, 2.24) is 5.32 Å². The fraction of sp³-hybridized carbons (Fsp3) is 0.625. The third-order valence-corrected chi connectivity index (χ3v) is 4.39. The van der Waals surface area contributed by atoms with Crippen LogP contribution < -0.4 is 5.32 Å². The van der Waals surface area contributed by atoms with E-state index in [0.717, 1.165) is 0 Å². The van der Waals surface area contributed by atoms with Gasteiger partial charge in [-0.1, -0.05) is 56.0 Å². The minimum absolute atomic E-state index is 0.433. The van der Waals surface area contributed by atoms with Crippen molar-refractivity contribution in [2.75, 3.05) is 7.05 Å². The van der Waals surface area contributed by atoms with Gasteiger partial charge in [0.1, 0.15) is 0 Å². The molecule has 1 aromatic rings. The van der Waals surface area contributed by atoms with Gasteiger partial charge in [0, 0.05) is 6.04 Å². The Bertz CT molecular complexity index is 346. The molecule has 0 amide bonds. The molecule has 1 aromatic carbocycles. The normalized spacial score (nSPS) is 21.1. The van der Waals surface area contributed by atoms with Crippen molar-refractivity contribution in [3.05, 3.63) is 35.4 Å². The molecule has 1 fully saturated rings. The highest BCUT2D eigenvalue weighted by Crippen LogP contribution is 2.45. The molecule has 0 heterocycles. The van der Waals surface area contributed by atoms with E-state index in [1.807, 2.05) is 0 Å². The second-order valence-corrected chi connectivity index (χ2v) is 5.85. The lowest BCUT2D eigenvalue weighted by Crippen LogP contribution is -2.36. The maximum Gasteiger partial charge on any atom is 0.0372 e. The van der Waals surface area contributed by atoms with E-state index in [4.69, 9.17) is 0 Å². The average molecular weight is 231 g/mol. The molecule has 94 valence electrons. The predicted octanol–water partition coefficient (Wildman–Crippen LogP) is 4.23. The Labute approximate surface area is 106 Å². The van der Waals surface area contributed by atoms with Gasteiger partial charge in [0.05, 0.1) is 0 Å². The first-order chi connectivity index (χ1) is 8.15. The number of rotatable bonds is 3. The molecule has 1 unspecified atom stereocenters. The Morgan fingerprint density at radius 2 is 1.65 bits per heavy atom. The van der Waals surface area contributed by atoms with Crippen molar-refractivity contribution >= 4 is 0 Å². The molecule has 1 atom stereocenters. The molecular weight excluding hydrogens is 206 g/mol. The largest absolute Gasteiger partial charge is 0.313 e. The van der Waals surface area contributed by atoms with Crippen LogP contribution in [0.1, 0.15) is 56.2 Å². The van der Waals surface area contributed by atoms with E-state index in [0.29, 0.717) is 11.5 Å². The summed E-state index contributed by atoms with van der Waals surface area (Å²) in [7, 11) is 2.10. The van der Waals surface area contributed by atoms with E-state index in [1.54, 1.807) is 0 Å². The smallest absolute Gasteiger partial charge is 0.0372 e. The van der Waals surface area contributed by atoms with Gasteiger partial charge in [-0.2, -0.15) is 0 Å². The van der Waals surface area contributed by atoms with Crippen LogP contribution >= 0.6 is 0 Å². The molecule has 1 heteroatoms. The molecule has 0 aliphatic heterocycles. The summed E-state index contributed by atoms with van der Waals surface area (Å²) in [5.41, 5.74) is 3.22. The number of hydrogen-bond acceptors (Lipinski definition) is 1. The number of nitrogens with one attached hydrogen (secondary N) is 1. The van der Waals surface area contributed by atoms with Gasteiger partial charge in [-0.25, -0.2) is 0 Å². The van der Waals surface area contributed by atoms with Gasteiger partial charge in [0.25, 0.3) is 0 Å². The maximum atomic E-state index is 3.55. The molecule has 0 radical (unpaired) electrons. The summed E-state index contributed by atoms with van der Waals surface area (Å²) in [6, 6.07) is 9.54. The minimum Gasteiger partial charge on any atom is -0.313 e. The van der Waals surface area contributed by atoms with Crippen LogP contribution in [-0.2, 0) is 0 Å². The van der Waals surface area contributed by atoms with E-state index in [9.17, 15) is 0 Å². The standard InChI is InChI=1S/C16H25N/c1-13-7-9-14(10-8-13)15(17-3)16(2)11-5-4-6-12-16/h7-10,15,17H,4-6,11-12H2,1-3H3. The molecule has 1 aliphatic rings. The zero-order valence-corrected chi connectivity index (χ0v) is 11.4. The maximum absolute atomic E-state index is 3.55. The highest BCUT2D eigenvalue weighted by Gasteiger charge is 2.35. The first kappa shape index (κ1) is 12.6. The van der Waals surface area contributed by atoms with E-state index >= 15 is 0 Å². The topological polar surface area (TPSA) is 12.0 Å². The zero-order chi connectivity index (χ0) is 12.3. The summed E-state index contributed by atoms with van der Waals surface area (Å²) in [5.74, 6) is 0. The molecule has 2 rings (SSSR count). The lowest BCUT2D eigenvalue weighted by atomic mass is 9.68. The van der Waals surface area contributed by atoms with Crippen molar-refractivity contribution in [3.8, 4) is 0 Å². The first-order valence-corrected chi connectivity index (χ1v) is 6.89. The summed E-state index contributed by atoms with van der Waals surface area (Å²) in [5, 5.41) is 3.55. The van der Waals surface area contributed by atoms with Gasteiger partial charge >= 0.3 is 0 Å². The van der Waals surface area contributed by atoms with Gasteiger partial charge in [-0.15, -0.1) is 0 Å². The van der Waals surface area contributed by atoms with Crippen molar-refractivity contribution < 1.29 is 0 Å². The monoisotopic (exact) mass is 231 g/mol. The molecule has 1 aliphatic carbocycles. The van der Waals surface area contributed by atoms with Crippen LogP contribution in [0.15, 0.2) is 24.3 Å². The third kappa shape index (κ3) is 2.71. The molecule has 17 heavy (non-hydrogen) atoms. The summed E-state index contributed by atoms with van der Waals surface area (Å²) >= 11 is 0.